The number of nitrogens with one attached hydrogen (secondary N) is 1. The third-order valence-electron chi connectivity index (χ3n) is 11.0. The molecule has 0 aliphatic carbocycles. The van der Waals surface area contributed by atoms with E-state index in [1.165, 1.54) is 193 Å². The molecule has 55 heavy (non-hydrogen) atoms. The number of rotatable bonds is 44. The molecule has 3 N–H and O–H groups in total. The molecular formula is C51H95NO3. The highest BCUT2D eigenvalue weighted by Crippen LogP contribution is 2.15. The van der Waals surface area contributed by atoms with E-state index in [2.05, 4.69) is 55.6 Å². The number of aliphatic hydroxyl groups is 2. The molecule has 4 nitrogen and oxygen atoms in total. The van der Waals surface area contributed by atoms with Crippen molar-refractivity contribution in [3.8, 4) is 0 Å². The summed E-state index contributed by atoms with van der Waals surface area (Å²) in [6.07, 6.45) is 63.8. The molecule has 0 spiro atoms. The predicted octanol–water partition coefficient (Wildman–Crippen LogP) is 15.5. The molecule has 322 valence electrons. The molecule has 2 atom stereocenters. The summed E-state index contributed by atoms with van der Waals surface area (Å²) in [4.78, 5) is 12.4. The quantitative estimate of drug-likeness (QED) is 0.0427. The van der Waals surface area contributed by atoms with E-state index in [0.29, 0.717) is 6.42 Å². The fraction of sp³-hybridized carbons (Fsp3) is 0.824. The second-order valence-corrected chi connectivity index (χ2v) is 16.5. The molecule has 0 aliphatic rings. The molecule has 0 aromatic heterocycles. The minimum absolute atomic E-state index is 0.0777. The van der Waals surface area contributed by atoms with Gasteiger partial charge in [-0.05, 0) is 64.2 Å². The van der Waals surface area contributed by atoms with Crippen molar-refractivity contribution in [3.63, 3.8) is 0 Å². The van der Waals surface area contributed by atoms with Gasteiger partial charge in [0.15, 0.2) is 0 Å². The van der Waals surface area contributed by atoms with E-state index >= 15 is 0 Å². The standard InChI is InChI=1S/C51H95NO3/c1-3-5-7-9-11-13-15-17-19-21-23-24-25-26-27-29-30-32-34-36-38-40-42-44-46-50(54)49(48-53)52-51(55)47-45-43-41-39-37-35-33-31-28-22-20-18-16-14-12-10-8-6-4-2/h12,14,18,20,36,38,44,46,49-50,53-54H,3-11,13,15-17,19,21-35,37,39-43,45,47-48H2,1-2H3,(H,52,55)/b14-12-,20-18-,38-36+,46-44+. The molecule has 0 radical (unpaired) electrons. The lowest BCUT2D eigenvalue weighted by Gasteiger charge is -2.19. The third-order valence-corrected chi connectivity index (χ3v) is 11.0. The van der Waals surface area contributed by atoms with Crippen LogP contribution in [0.15, 0.2) is 48.6 Å². The van der Waals surface area contributed by atoms with Crippen LogP contribution in [-0.2, 0) is 4.79 Å². The second kappa shape index (κ2) is 46.7. The Balaban J connectivity index is 3.58. The number of carbonyl (C=O) groups is 1. The Bertz CT molecular complexity index is 877. The molecule has 0 saturated carbocycles. The van der Waals surface area contributed by atoms with Gasteiger partial charge in [-0.3, -0.25) is 4.79 Å². The first-order chi connectivity index (χ1) is 27.2. The van der Waals surface area contributed by atoms with E-state index in [4.69, 9.17) is 0 Å². The normalized spacial score (nSPS) is 13.3. The van der Waals surface area contributed by atoms with Crippen molar-refractivity contribution in [2.24, 2.45) is 0 Å². The number of allylic oxidation sites excluding steroid dienone is 7. The molecule has 0 aromatic rings. The lowest BCUT2D eigenvalue weighted by Crippen LogP contribution is -2.45. The van der Waals surface area contributed by atoms with E-state index in [-0.39, 0.29) is 12.5 Å². The first-order valence-electron chi connectivity index (χ1n) is 24.4. The SMILES string of the molecule is CCCCC/C=C\C/C=C\CCCCCCCCCCCC(=O)NC(CO)C(O)/C=C/CC/C=C/CCCCCCCCCCCCCCCCCCCC. The van der Waals surface area contributed by atoms with Crippen molar-refractivity contribution >= 4 is 5.91 Å². The molecule has 2 unspecified atom stereocenters. The van der Waals surface area contributed by atoms with Gasteiger partial charge in [-0.1, -0.05) is 229 Å². The van der Waals surface area contributed by atoms with E-state index in [9.17, 15) is 15.0 Å². The lowest BCUT2D eigenvalue weighted by atomic mass is 10.0. The Labute approximate surface area is 344 Å². The average molecular weight is 770 g/mol. The molecule has 0 rings (SSSR count). The maximum absolute atomic E-state index is 12.4. The number of hydrogen-bond donors (Lipinski definition) is 3. The van der Waals surface area contributed by atoms with Crippen LogP contribution < -0.4 is 5.32 Å². The number of hydrogen-bond acceptors (Lipinski definition) is 3. The summed E-state index contributed by atoms with van der Waals surface area (Å²) in [6, 6.07) is -0.642. The molecular weight excluding hydrogens is 675 g/mol. The van der Waals surface area contributed by atoms with Gasteiger partial charge in [0.05, 0.1) is 18.8 Å². The molecule has 0 fully saturated rings. The Morgan fingerprint density at radius 1 is 0.436 bits per heavy atom. The second-order valence-electron chi connectivity index (χ2n) is 16.5. The molecule has 0 saturated heterocycles. The zero-order valence-corrected chi connectivity index (χ0v) is 36.9. The number of unbranched alkanes of at least 4 members (excludes halogenated alkanes) is 31. The van der Waals surface area contributed by atoms with Crippen LogP contribution in [0.5, 0.6) is 0 Å². The predicted molar refractivity (Wildman–Crippen MR) is 244 cm³/mol. The lowest BCUT2D eigenvalue weighted by molar-refractivity contribution is -0.123. The number of carbonyl (C=O) groups excluding carboxylic acids is 1. The van der Waals surface area contributed by atoms with Crippen LogP contribution in [0.1, 0.15) is 251 Å². The van der Waals surface area contributed by atoms with E-state index < -0.39 is 12.1 Å². The van der Waals surface area contributed by atoms with E-state index in [1.54, 1.807) is 6.08 Å². The third kappa shape index (κ3) is 43.3. The maximum atomic E-state index is 12.4. The topological polar surface area (TPSA) is 69.6 Å². The van der Waals surface area contributed by atoms with Crippen molar-refractivity contribution in [1.29, 1.82) is 0 Å². The first kappa shape index (κ1) is 53.4. The Morgan fingerprint density at radius 3 is 1.20 bits per heavy atom. The molecule has 1 amide bonds. The van der Waals surface area contributed by atoms with Gasteiger partial charge in [0, 0.05) is 6.42 Å². The Hall–Kier alpha value is -1.65. The molecule has 0 bridgehead atoms. The van der Waals surface area contributed by atoms with Crippen LogP contribution in [0, 0.1) is 0 Å². The fourth-order valence-electron chi connectivity index (χ4n) is 7.28. The van der Waals surface area contributed by atoms with E-state index in [1.807, 2.05) is 6.08 Å². The van der Waals surface area contributed by atoms with Gasteiger partial charge in [-0.15, -0.1) is 0 Å². The summed E-state index contributed by atoms with van der Waals surface area (Å²) < 4.78 is 0. The minimum atomic E-state index is -0.865. The highest BCUT2D eigenvalue weighted by atomic mass is 16.3. The first-order valence-corrected chi connectivity index (χ1v) is 24.4. The van der Waals surface area contributed by atoms with Crippen molar-refractivity contribution in [3.05, 3.63) is 48.6 Å². The van der Waals surface area contributed by atoms with Gasteiger partial charge in [-0.2, -0.15) is 0 Å². The summed E-state index contributed by atoms with van der Waals surface area (Å²) in [5.74, 6) is -0.0777. The smallest absolute Gasteiger partial charge is 0.220 e. The zero-order chi connectivity index (χ0) is 40.0. The van der Waals surface area contributed by atoms with Crippen molar-refractivity contribution < 1.29 is 15.0 Å². The summed E-state index contributed by atoms with van der Waals surface area (Å²) in [5, 5.41) is 23.1. The Morgan fingerprint density at radius 2 is 0.764 bits per heavy atom. The van der Waals surface area contributed by atoms with Crippen LogP contribution in [0.25, 0.3) is 0 Å². The average Bonchev–Trinajstić information content (AvgIpc) is 3.19. The van der Waals surface area contributed by atoms with Crippen LogP contribution in [0.3, 0.4) is 0 Å². The fourth-order valence-corrected chi connectivity index (χ4v) is 7.28. The monoisotopic (exact) mass is 770 g/mol. The van der Waals surface area contributed by atoms with Gasteiger partial charge < -0.3 is 15.5 Å². The zero-order valence-electron chi connectivity index (χ0n) is 36.9. The largest absolute Gasteiger partial charge is 0.394 e. The van der Waals surface area contributed by atoms with Gasteiger partial charge in [-0.25, -0.2) is 0 Å². The summed E-state index contributed by atoms with van der Waals surface area (Å²) in [7, 11) is 0. The van der Waals surface area contributed by atoms with Gasteiger partial charge in [0.1, 0.15) is 0 Å². The minimum Gasteiger partial charge on any atom is -0.394 e. The molecule has 0 aliphatic heterocycles. The molecule has 4 heteroatoms. The van der Waals surface area contributed by atoms with Gasteiger partial charge in [0.25, 0.3) is 0 Å². The summed E-state index contributed by atoms with van der Waals surface area (Å²) in [6.45, 7) is 4.28. The van der Waals surface area contributed by atoms with E-state index in [0.717, 1.165) is 38.5 Å². The number of aliphatic hydroxyl groups excluding tert-OH is 2. The van der Waals surface area contributed by atoms with Crippen LogP contribution in [0.4, 0.5) is 0 Å². The molecule has 0 aromatic carbocycles. The van der Waals surface area contributed by atoms with Crippen LogP contribution in [0.2, 0.25) is 0 Å². The Kier molecular flexibility index (Phi) is 45.3. The van der Waals surface area contributed by atoms with Crippen LogP contribution in [-0.4, -0.2) is 34.9 Å². The highest BCUT2D eigenvalue weighted by Gasteiger charge is 2.17. The number of amides is 1. The van der Waals surface area contributed by atoms with Gasteiger partial charge >= 0.3 is 0 Å². The maximum Gasteiger partial charge on any atom is 0.220 e. The van der Waals surface area contributed by atoms with Gasteiger partial charge in [0.2, 0.25) is 5.91 Å². The highest BCUT2D eigenvalue weighted by molar-refractivity contribution is 5.76. The summed E-state index contributed by atoms with van der Waals surface area (Å²) >= 11 is 0. The van der Waals surface area contributed by atoms with Crippen LogP contribution >= 0.6 is 0 Å². The summed E-state index contributed by atoms with van der Waals surface area (Å²) in [5.41, 5.74) is 0. The van der Waals surface area contributed by atoms with Crippen molar-refractivity contribution in [2.45, 2.75) is 264 Å². The molecule has 0 heterocycles. The van der Waals surface area contributed by atoms with Crippen molar-refractivity contribution in [2.75, 3.05) is 6.61 Å². The van der Waals surface area contributed by atoms with Crippen molar-refractivity contribution in [1.82, 2.24) is 5.32 Å².